The maximum Gasteiger partial charge on any atom is 0.268 e. The Morgan fingerprint density at radius 2 is 1.82 bits per heavy atom. The van der Waals surface area contributed by atoms with Crippen molar-refractivity contribution in [1.29, 1.82) is 0 Å². The van der Waals surface area contributed by atoms with Crippen molar-refractivity contribution in [3.8, 4) is 17.0 Å². The van der Waals surface area contributed by atoms with Crippen LogP contribution in [0.25, 0.3) is 11.3 Å². The van der Waals surface area contributed by atoms with Crippen LogP contribution in [0.3, 0.4) is 0 Å². The molecule has 2 unspecified atom stereocenters. The van der Waals surface area contributed by atoms with Gasteiger partial charge in [0.25, 0.3) is 5.91 Å². The fraction of sp³-hybridized carbons (Fsp3) is 0.222. The number of rotatable bonds is 10. The summed E-state index contributed by atoms with van der Waals surface area (Å²) in [5, 5.41) is 10.3. The van der Waals surface area contributed by atoms with Gasteiger partial charge >= 0.3 is 0 Å². The first-order chi connectivity index (χ1) is 16.5. The topological polar surface area (TPSA) is 103 Å². The fourth-order valence-corrected chi connectivity index (χ4v) is 3.91. The molecular formula is C27H28N4O3. The summed E-state index contributed by atoms with van der Waals surface area (Å²) in [6, 6.07) is 21.7. The first-order valence-electron chi connectivity index (χ1n) is 11.2. The number of nitrogens with zero attached hydrogens (tertiary/aromatic N) is 3. The highest BCUT2D eigenvalue weighted by Crippen LogP contribution is 2.26. The third-order valence-corrected chi connectivity index (χ3v) is 5.78. The Bertz CT molecular complexity index is 1220. The van der Waals surface area contributed by atoms with Crippen LogP contribution in [0.1, 0.15) is 41.0 Å². The van der Waals surface area contributed by atoms with Crippen LogP contribution < -0.4 is 10.5 Å². The molecule has 2 atom stereocenters. The van der Waals surface area contributed by atoms with Crippen molar-refractivity contribution in [3.05, 3.63) is 102 Å². The van der Waals surface area contributed by atoms with Gasteiger partial charge in [-0.3, -0.25) is 9.78 Å². The van der Waals surface area contributed by atoms with E-state index in [0.29, 0.717) is 19.4 Å². The van der Waals surface area contributed by atoms with Crippen LogP contribution in [-0.4, -0.2) is 31.7 Å². The van der Waals surface area contributed by atoms with Crippen molar-refractivity contribution in [2.75, 3.05) is 0 Å². The highest BCUT2D eigenvalue weighted by Gasteiger charge is 2.19. The average molecular weight is 457 g/mol. The van der Waals surface area contributed by atoms with Crippen molar-refractivity contribution in [2.45, 2.75) is 38.5 Å². The van der Waals surface area contributed by atoms with Gasteiger partial charge in [0.1, 0.15) is 18.1 Å². The first kappa shape index (κ1) is 23.2. The molecule has 34 heavy (non-hydrogen) atoms. The van der Waals surface area contributed by atoms with Gasteiger partial charge in [0.05, 0.1) is 24.2 Å². The average Bonchev–Trinajstić information content (AvgIpc) is 3.34. The van der Waals surface area contributed by atoms with Crippen molar-refractivity contribution in [2.24, 2.45) is 5.73 Å². The van der Waals surface area contributed by atoms with E-state index < -0.39 is 12.0 Å². The number of benzene rings is 2. The van der Waals surface area contributed by atoms with Crippen LogP contribution in [-0.2, 0) is 13.0 Å². The molecule has 2 heterocycles. The van der Waals surface area contributed by atoms with Gasteiger partial charge in [-0.2, -0.15) is 0 Å². The van der Waals surface area contributed by atoms with Gasteiger partial charge in [0, 0.05) is 18.0 Å². The Morgan fingerprint density at radius 1 is 1.06 bits per heavy atom. The lowest BCUT2D eigenvalue weighted by Crippen LogP contribution is -2.21. The molecule has 174 valence electrons. The number of carbonyl (C=O) groups is 1. The van der Waals surface area contributed by atoms with Gasteiger partial charge in [-0.25, -0.2) is 4.98 Å². The van der Waals surface area contributed by atoms with Crippen LogP contribution in [0, 0.1) is 0 Å². The molecule has 1 amide bonds. The molecule has 0 bridgehead atoms. The summed E-state index contributed by atoms with van der Waals surface area (Å²) < 4.78 is 7.89. The minimum atomic E-state index is -0.624. The van der Waals surface area contributed by atoms with Crippen molar-refractivity contribution >= 4 is 5.91 Å². The molecule has 0 spiro atoms. The normalized spacial score (nSPS) is 12.8. The van der Waals surface area contributed by atoms with Gasteiger partial charge in [-0.15, -0.1) is 0 Å². The summed E-state index contributed by atoms with van der Waals surface area (Å²) >= 11 is 0. The molecule has 4 rings (SSSR count). The van der Waals surface area contributed by atoms with Crippen molar-refractivity contribution in [3.63, 3.8) is 0 Å². The number of aliphatic hydroxyl groups excluding tert-OH is 1. The lowest BCUT2D eigenvalue weighted by atomic mass is 10.0. The number of para-hydroxylation sites is 1. The molecular weight excluding hydrogens is 428 g/mol. The molecule has 0 radical (unpaired) electrons. The zero-order valence-corrected chi connectivity index (χ0v) is 19.0. The van der Waals surface area contributed by atoms with Crippen LogP contribution in [0.2, 0.25) is 0 Å². The van der Waals surface area contributed by atoms with Crippen LogP contribution in [0.4, 0.5) is 0 Å². The highest BCUT2D eigenvalue weighted by molar-refractivity contribution is 5.90. The molecule has 2 aromatic carbocycles. The van der Waals surface area contributed by atoms with E-state index in [2.05, 4.69) is 9.97 Å². The number of hydrogen-bond acceptors (Lipinski definition) is 5. The third-order valence-electron chi connectivity index (χ3n) is 5.78. The second-order valence-corrected chi connectivity index (χ2v) is 8.23. The molecule has 0 fully saturated rings. The number of carbonyl (C=O) groups excluding carboxylic acids is 1. The summed E-state index contributed by atoms with van der Waals surface area (Å²) in [5.74, 6) is 0.221. The molecule has 0 saturated heterocycles. The monoisotopic (exact) mass is 456 g/mol. The molecule has 7 heteroatoms. The Labute approximate surface area is 198 Å². The number of imidazole rings is 1. The zero-order valence-electron chi connectivity index (χ0n) is 19.0. The van der Waals surface area contributed by atoms with E-state index in [0.717, 1.165) is 28.1 Å². The molecule has 0 saturated carbocycles. The third kappa shape index (κ3) is 5.68. The van der Waals surface area contributed by atoms with E-state index in [1.165, 1.54) is 6.33 Å². The van der Waals surface area contributed by atoms with E-state index in [1.54, 1.807) is 23.9 Å². The Morgan fingerprint density at radius 3 is 2.50 bits per heavy atom. The standard InChI is InChI=1S/C27H28N4O3/c1-19(32)25(31-16-24(27(28)33)30-18-31)14-13-22-6-2-3-8-26(22)34-17-20-9-11-21(12-10-20)23-7-4-5-15-29-23/h2-12,15-16,18-19,25,32H,13-14,17H2,1H3,(H2,28,33). The number of aliphatic hydroxyl groups is 1. The summed E-state index contributed by atoms with van der Waals surface area (Å²) in [5.41, 5.74) is 9.61. The van der Waals surface area contributed by atoms with Crippen molar-refractivity contribution < 1.29 is 14.6 Å². The van der Waals surface area contributed by atoms with Crippen molar-refractivity contribution in [1.82, 2.24) is 14.5 Å². The Hall–Kier alpha value is -3.97. The minimum absolute atomic E-state index is 0.184. The number of aromatic nitrogens is 3. The largest absolute Gasteiger partial charge is 0.489 e. The number of ether oxygens (including phenoxy) is 1. The molecule has 0 aliphatic heterocycles. The van der Waals surface area contributed by atoms with Gasteiger partial charge in [-0.1, -0.05) is 48.5 Å². The molecule has 0 aliphatic carbocycles. The van der Waals surface area contributed by atoms with E-state index in [9.17, 15) is 9.90 Å². The van der Waals surface area contributed by atoms with Gasteiger partial charge in [0.15, 0.2) is 0 Å². The lowest BCUT2D eigenvalue weighted by molar-refractivity contribution is 0.0994. The molecule has 0 aliphatic rings. The van der Waals surface area contributed by atoms with E-state index >= 15 is 0 Å². The van der Waals surface area contributed by atoms with Crippen LogP contribution >= 0.6 is 0 Å². The first-order valence-corrected chi connectivity index (χ1v) is 11.2. The van der Waals surface area contributed by atoms with Gasteiger partial charge in [0.2, 0.25) is 0 Å². The van der Waals surface area contributed by atoms with E-state index in [4.69, 9.17) is 10.5 Å². The fourth-order valence-electron chi connectivity index (χ4n) is 3.91. The SMILES string of the molecule is CC(O)C(CCc1ccccc1OCc1ccc(-c2ccccn2)cc1)n1cnc(C(N)=O)c1. The van der Waals surface area contributed by atoms with E-state index in [-0.39, 0.29) is 11.7 Å². The van der Waals surface area contributed by atoms with Crippen LogP contribution in [0.5, 0.6) is 5.75 Å². The highest BCUT2D eigenvalue weighted by atomic mass is 16.5. The predicted molar refractivity (Wildman–Crippen MR) is 130 cm³/mol. The number of hydrogen-bond donors (Lipinski definition) is 2. The van der Waals surface area contributed by atoms with Gasteiger partial charge in [-0.05, 0) is 49.1 Å². The second-order valence-electron chi connectivity index (χ2n) is 8.23. The Kier molecular flexibility index (Phi) is 7.34. The summed E-state index contributed by atoms with van der Waals surface area (Å²) in [6.45, 7) is 2.18. The smallest absolute Gasteiger partial charge is 0.268 e. The molecule has 3 N–H and O–H groups in total. The predicted octanol–water partition coefficient (Wildman–Crippen LogP) is 4.18. The molecule has 4 aromatic rings. The zero-order chi connectivity index (χ0) is 23.9. The number of amides is 1. The van der Waals surface area contributed by atoms with Gasteiger partial charge < -0.3 is 20.1 Å². The maximum atomic E-state index is 11.4. The quantitative estimate of drug-likeness (QED) is 0.373. The summed E-state index contributed by atoms with van der Waals surface area (Å²) in [6.07, 6.45) is 5.61. The number of aryl methyl sites for hydroxylation is 1. The number of pyridine rings is 1. The minimum Gasteiger partial charge on any atom is -0.489 e. The number of nitrogens with two attached hydrogens (primary N) is 1. The maximum absolute atomic E-state index is 11.4. The lowest BCUT2D eigenvalue weighted by Gasteiger charge is -2.22. The number of primary amides is 1. The second kappa shape index (κ2) is 10.8. The molecule has 7 nitrogen and oxygen atoms in total. The molecule has 2 aromatic heterocycles. The van der Waals surface area contributed by atoms with E-state index in [1.807, 2.05) is 66.7 Å². The summed E-state index contributed by atoms with van der Waals surface area (Å²) in [4.78, 5) is 19.8. The summed E-state index contributed by atoms with van der Waals surface area (Å²) in [7, 11) is 0. The van der Waals surface area contributed by atoms with Crippen LogP contribution in [0.15, 0.2) is 85.5 Å². The Balaban J connectivity index is 1.40.